The Kier molecular flexibility index (Phi) is 4.60. The van der Waals surface area contributed by atoms with Crippen LogP contribution < -0.4 is 10.8 Å². The summed E-state index contributed by atoms with van der Waals surface area (Å²) in [6.07, 6.45) is 0. The summed E-state index contributed by atoms with van der Waals surface area (Å²) < 4.78 is 1.14. The molecule has 0 saturated heterocycles. The maximum Gasteiger partial charge on any atom is 0.256 e. The first-order valence-electron chi connectivity index (χ1n) is 8.17. The molecule has 0 fully saturated rings. The van der Waals surface area contributed by atoms with Gasteiger partial charge in [0.25, 0.3) is 5.91 Å². The summed E-state index contributed by atoms with van der Waals surface area (Å²) in [7, 11) is 5.75. The Balaban J connectivity index is 1.68. The molecule has 0 aliphatic rings. The normalized spacial score (nSPS) is 10.8. The number of amides is 1. The van der Waals surface area contributed by atoms with Gasteiger partial charge in [-0.1, -0.05) is 36.3 Å². The van der Waals surface area contributed by atoms with Gasteiger partial charge in [0.15, 0.2) is 0 Å². The molecule has 4 aromatic rings. The lowest BCUT2D eigenvalue weighted by atomic mass is 9.93. The highest BCUT2D eigenvalue weighted by Crippen LogP contribution is 2.39. The fraction of sp³-hybridized carbons (Fsp3) is 0. The average Bonchev–Trinajstić information content (AvgIpc) is 3.28. The van der Waals surface area contributed by atoms with Crippen LogP contribution in [0.15, 0.2) is 65.9 Å². The Morgan fingerprint density at radius 1 is 1.07 bits per heavy atom. The molecule has 27 heavy (non-hydrogen) atoms. The van der Waals surface area contributed by atoms with Gasteiger partial charge in [-0.25, -0.2) is 0 Å². The van der Waals surface area contributed by atoms with Crippen LogP contribution >= 0.6 is 22.7 Å². The summed E-state index contributed by atoms with van der Waals surface area (Å²) in [6.45, 7) is 3.66. The second-order valence-corrected chi connectivity index (χ2v) is 7.88. The molecule has 0 saturated carbocycles. The highest BCUT2D eigenvalue weighted by atomic mass is 32.1. The van der Waals surface area contributed by atoms with Crippen molar-refractivity contribution in [1.82, 2.24) is 0 Å². The van der Waals surface area contributed by atoms with Gasteiger partial charge in [-0.15, -0.1) is 22.7 Å². The van der Waals surface area contributed by atoms with Crippen molar-refractivity contribution in [2.24, 2.45) is 0 Å². The Hall–Kier alpha value is -2.83. The van der Waals surface area contributed by atoms with Crippen molar-refractivity contribution < 1.29 is 9.90 Å². The summed E-state index contributed by atoms with van der Waals surface area (Å²) in [4.78, 5) is 12.7. The van der Waals surface area contributed by atoms with Gasteiger partial charge in [-0.3, -0.25) is 4.79 Å². The molecule has 3 nitrogen and oxygen atoms in total. The van der Waals surface area contributed by atoms with Crippen molar-refractivity contribution in [3.8, 4) is 11.1 Å². The van der Waals surface area contributed by atoms with Crippen LogP contribution in [0, 0.1) is 0 Å². The van der Waals surface area contributed by atoms with Crippen LogP contribution in [0.5, 0.6) is 0 Å². The zero-order valence-corrected chi connectivity index (χ0v) is 15.9. The fourth-order valence-corrected chi connectivity index (χ4v) is 4.65. The minimum absolute atomic E-state index is 0.0911. The lowest BCUT2D eigenvalue weighted by Crippen LogP contribution is -2.11. The van der Waals surface area contributed by atoms with Gasteiger partial charge in [0.2, 0.25) is 0 Å². The molecular weight excluding hydrogens is 373 g/mol. The van der Waals surface area contributed by atoms with E-state index in [1.165, 1.54) is 11.3 Å². The van der Waals surface area contributed by atoms with Gasteiger partial charge >= 0.3 is 0 Å². The molecule has 2 N–H and O–H groups in total. The number of benzene rings is 2. The second-order valence-electron chi connectivity index (χ2n) is 6.05. The molecule has 0 unspecified atom stereocenters. The minimum Gasteiger partial charge on any atom is -0.508 e. The Labute approximate surface area is 166 Å². The number of aliphatic hydroxyl groups excluding tert-OH is 1. The zero-order valence-electron chi connectivity index (χ0n) is 14.2. The molecule has 2 heterocycles. The maximum absolute atomic E-state index is 12.7. The van der Waals surface area contributed by atoms with E-state index in [1.807, 2.05) is 41.1 Å². The molecular formula is C21H14BNO2S2. The third kappa shape index (κ3) is 3.41. The van der Waals surface area contributed by atoms with Gasteiger partial charge in [0.1, 0.15) is 18.6 Å². The van der Waals surface area contributed by atoms with E-state index in [-0.39, 0.29) is 11.7 Å². The van der Waals surface area contributed by atoms with E-state index in [2.05, 4.69) is 11.9 Å². The van der Waals surface area contributed by atoms with Crippen LogP contribution in [0.25, 0.3) is 27.0 Å². The van der Waals surface area contributed by atoms with Crippen molar-refractivity contribution >= 4 is 62.7 Å². The van der Waals surface area contributed by atoms with Crippen LogP contribution in [0.1, 0.15) is 15.9 Å². The molecule has 0 bridgehead atoms. The summed E-state index contributed by atoms with van der Waals surface area (Å²) in [6, 6.07) is 14.9. The summed E-state index contributed by atoms with van der Waals surface area (Å²) >= 11 is 2.99. The van der Waals surface area contributed by atoms with E-state index in [9.17, 15) is 9.90 Å². The number of carbonyl (C=O) groups is 1. The number of rotatable bonds is 4. The van der Waals surface area contributed by atoms with Crippen molar-refractivity contribution in [3.63, 3.8) is 0 Å². The third-order valence-corrected chi connectivity index (χ3v) is 6.04. The first-order valence-corrected chi connectivity index (χ1v) is 9.93. The highest BCUT2D eigenvalue weighted by Gasteiger charge is 2.18. The molecule has 6 heteroatoms. The monoisotopic (exact) mass is 387 g/mol. The lowest BCUT2D eigenvalue weighted by molar-refractivity contribution is 0.102. The van der Waals surface area contributed by atoms with E-state index in [0.717, 1.165) is 21.2 Å². The van der Waals surface area contributed by atoms with Crippen molar-refractivity contribution in [3.05, 3.63) is 77.0 Å². The molecule has 1 amide bonds. The number of fused-ring (bicyclic) bond motifs is 1. The zero-order chi connectivity index (χ0) is 19.0. The van der Waals surface area contributed by atoms with Crippen LogP contribution in [-0.4, -0.2) is 18.9 Å². The molecule has 0 atom stereocenters. The molecule has 0 aliphatic heterocycles. The van der Waals surface area contributed by atoms with Gasteiger partial charge in [0, 0.05) is 21.2 Å². The maximum atomic E-state index is 12.7. The molecule has 0 aliphatic carbocycles. The van der Waals surface area contributed by atoms with Crippen LogP contribution in [0.3, 0.4) is 0 Å². The Morgan fingerprint density at radius 2 is 1.85 bits per heavy atom. The predicted octanol–water partition coefficient (Wildman–Crippen LogP) is 5.20. The Bertz CT molecular complexity index is 1160. The quantitative estimate of drug-likeness (QED) is 0.373. The smallest absolute Gasteiger partial charge is 0.256 e. The van der Waals surface area contributed by atoms with Crippen LogP contribution in [0.4, 0.5) is 5.00 Å². The first kappa shape index (κ1) is 17.6. The van der Waals surface area contributed by atoms with Gasteiger partial charge in [-0.05, 0) is 40.6 Å². The second kappa shape index (κ2) is 7.06. The number of hydrogen-bond acceptors (Lipinski definition) is 4. The number of hydrogen-bond donors (Lipinski definition) is 2. The van der Waals surface area contributed by atoms with Gasteiger partial charge in [-0.2, -0.15) is 0 Å². The van der Waals surface area contributed by atoms with E-state index in [4.69, 9.17) is 7.85 Å². The van der Waals surface area contributed by atoms with Crippen molar-refractivity contribution in [2.75, 3.05) is 5.32 Å². The van der Waals surface area contributed by atoms with Crippen LogP contribution in [0.2, 0.25) is 0 Å². The summed E-state index contributed by atoms with van der Waals surface area (Å²) in [5, 5.41) is 18.5. The number of carbonyl (C=O) groups excluding carboxylic acids is 1. The van der Waals surface area contributed by atoms with Crippen molar-refractivity contribution in [2.45, 2.75) is 0 Å². The minimum atomic E-state index is -0.226. The largest absolute Gasteiger partial charge is 0.508 e. The standard InChI is InChI=1S/C21H14BNO2S2/c1-12(24)19-17(13-2-5-16(22)6-3-13)11-27-21(19)23-20(25)15-4-7-18-14(10-15)8-9-26-18/h2-11,24H,1H2,(H,23,25). The Morgan fingerprint density at radius 3 is 2.59 bits per heavy atom. The van der Waals surface area contributed by atoms with E-state index in [0.29, 0.717) is 21.6 Å². The predicted molar refractivity (Wildman–Crippen MR) is 117 cm³/mol. The lowest BCUT2D eigenvalue weighted by Gasteiger charge is -2.09. The number of anilines is 1. The first-order chi connectivity index (χ1) is 13.0. The van der Waals surface area contributed by atoms with E-state index < -0.39 is 0 Å². The molecule has 2 radical (unpaired) electrons. The van der Waals surface area contributed by atoms with E-state index in [1.54, 1.807) is 29.5 Å². The third-order valence-electron chi connectivity index (χ3n) is 4.24. The molecule has 2 aromatic heterocycles. The van der Waals surface area contributed by atoms with Gasteiger partial charge < -0.3 is 10.4 Å². The summed E-state index contributed by atoms with van der Waals surface area (Å²) in [5.74, 6) is -0.317. The number of nitrogens with one attached hydrogen (secondary N) is 1. The number of thiophene rings is 2. The summed E-state index contributed by atoms with van der Waals surface area (Å²) in [5.41, 5.74) is 3.45. The fourth-order valence-electron chi connectivity index (χ4n) is 2.89. The topological polar surface area (TPSA) is 49.3 Å². The number of aliphatic hydroxyl groups is 1. The molecule has 2 aromatic carbocycles. The van der Waals surface area contributed by atoms with Crippen LogP contribution in [-0.2, 0) is 0 Å². The molecule has 0 spiro atoms. The van der Waals surface area contributed by atoms with Crippen molar-refractivity contribution in [1.29, 1.82) is 0 Å². The SMILES string of the molecule is [B]c1ccc(-c2csc(NC(=O)c3ccc4sccc4c3)c2C(=C)O)cc1. The average molecular weight is 387 g/mol. The molecule has 4 rings (SSSR count). The van der Waals surface area contributed by atoms with Gasteiger partial charge in [0.05, 0.1) is 5.56 Å². The highest BCUT2D eigenvalue weighted by molar-refractivity contribution is 7.17. The molecule has 130 valence electrons. The van der Waals surface area contributed by atoms with E-state index >= 15 is 0 Å².